The lowest BCUT2D eigenvalue weighted by Crippen LogP contribution is -2.42. The minimum Gasteiger partial charge on any atom is -0.405 e. The zero-order valence-corrected chi connectivity index (χ0v) is 10.7. The molecule has 1 saturated heterocycles. The highest BCUT2D eigenvalue weighted by atomic mass is 79.9. The average Bonchev–Trinajstić information content (AvgIpc) is 2.11. The van der Waals surface area contributed by atoms with Crippen molar-refractivity contribution in [1.29, 1.82) is 0 Å². The van der Waals surface area contributed by atoms with Crippen molar-refractivity contribution in [2.24, 2.45) is 0 Å². The van der Waals surface area contributed by atoms with E-state index in [0.717, 1.165) is 12.5 Å². The largest absolute Gasteiger partial charge is 0.573 e. The molecule has 18 heavy (non-hydrogen) atoms. The highest BCUT2D eigenvalue weighted by Gasteiger charge is 2.34. The van der Waals surface area contributed by atoms with Gasteiger partial charge in [0.1, 0.15) is 5.75 Å². The maximum atomic E-state index is 12.3. The van der Waals surface area contributed by atoms with Gasteiger partial charge in [0.15, 0.2) is 0 Å². The smallest absolute Gasteiger partial charge is 0.405 e. The van der Waals surface area contributed by atoms with Gasteiger partial charge >= 0.3 is 6.36 Å². The summed E-state index contributed by atoms with van der Waals surface area (Å²) in [5.41, 5.74) is -0.0739. The van der Waals surface area contributed by atoms with Crippen molar-refractivity contribution in [2.75, 3.05) is 13.1 Å². The minimum atomic E-state index is -4.81. The van der Waals surface area contributed by atoms with Gasteiger partial charge in [-0.2, -0.15) is 0 Å². The van der Waals surface area contributed by atoms with Crippen LogP contribution in [0.2, 0.25) is 0 Å². The summed E-state index contributed by atoms with van der Waals surface area (Å²) in [5.74, 6) is -0.915. The van der Waals surface area contributed by atoms with Gasteiger partial charge in [0.25, 0.3) is 5.91 Å². The fourth-order valence-electron chi connectivity index (χ4n) is 1.57. The van der Waals surface area contributed by atoms with Crippen molar-refractivity contribution in [2.45, 2.75) is 12.8 Å². The van der Waals surface area contributed by atoms with E-state index in [4.69, 9.17) is 0 Å². The molecule has 7 heteroatoms. The van der Waals surface area contributed by atoms with E-state index in [1.807, 2.05) is 0 Å². The van der Waals surface area contributed by atoms with Crippen LogP contribution >= 0.6 is 15.9 Å². The predicted octanol–water partition coefficient (Wildman–Crippen LogP) is 3.19. The third-order valence-corrected chi connectivity index (χ3v) is 3.04. The number of hydrogen-bond acceptors (Lipinski definition) is 2. The molecule has 0 spiro atoms. The van der Waals surface area contributed by atoms with Crippen LogP contribution in [0, 0.1) is 0 Å². The van der Waals surface area contributed by atoms with E-state index in [0.29, 0.717) is 17.6 Å². The van der Waals surface area contributed by atoms with Crippen LogP contribution in [0.15, 0.2) is 22.7 Å². The number of ether oxygens (including phenoxy) is 1. The van der Waals surface area contributed by atoms with Crippen LogP contribution < -0.4 is 4.74 Å². The Morgan fingerprint density at radius 3 is 2.50 bits per heavy atom. The molecule has 1 heterocycles. The fourth-order valence-corrected chi connectivity index (χ4v) is 1.91. The van der Waals surface area contributed by atoms with E-state index >= 15 is 0 Å². The molecule has 0 radical (unpaired) electrons. The van der Waals surface area contributed by atoms with Crippen LogP contribution in [0.4, 0.5) is 13.2 Å². The highest BCUT2D eigenvalue weighted by Crippen LogP contribution is 2.30. The molecule has 1 fully saturated rings. The van der Waals surface area contributed by atoms with E-state index < -0.39 is 18.0 Å². The molecule has 0 saturated carbocycles. The van der Waals surface area contributed by atoms with Crippen LogP contribution in [0.1, 0.15) is 16.8 Å². The second-order valence-corrected chi connectivity index (χ2v) is 4.75. The first kappa shape index (κ1) is 13.2. The molecule has 0 aromatic heterocycles. The van der Waals surface area contributed by atoms with Crippen LogP contribution in [-0.2, 0) is 0 Å². The summed E-state index contributed by atoms with van der Waals surface area (Å²) in [6, 6.07) is 3.97. The Morgan fingerprint density at radius 1 is 1.33 bits per heavy atom. The number of carbonyl (C=O) groups excluding carboxylic acids is 1. The number of carbonyl (C=O) groups is 1. The van der Waals surface area contributed by atoms with Crippen LogP contribution in [-0.4, -0.2) is 30.3 Å². The number of rotatable bonds is 2. The number of benzene rings is 1. The predicted molar refractivity (Wildman–Crippen MR) is 61.3 cm³/mol. The molecule has 0 bridgehead atoms. The molecule has 2 rings (SSSR count). The molecule has 1 aliphatic rings. The number of halogens is 4. The topological polar surface area (TPSA) is 29.5 Å². The van der Waals surface area contributed by atoms with Gasteiger partial charge in [-0.1, -0.05) is 15.9 Å². The third kappa shape index (κ3) is 2.95. The zero-order chi connectivity index (χ0) is 13.3. The monoisotopic (exact) mass is 323 g/mol. The number of hydrogen-bond donors (Lipinski definition) is 0. The summed E-state index contributed by atoms with van der Waals surface area (Å²) in [6.45, 7) is 1.14. The molecule has 1 aromatic carbocycles. The molecule has 1 aliphatic heterocycles. The maximum Gasteiger partial charge on any atom is 0.573 e. The third-order valence-electron chi connectivity index (χ3n) is 2.54. The normalized spacial score (nSPS) is 15.2. The van der Waals surface area contributed by atoms with Gasteiger partial charge in [-0.15, -0.1) is 13.2 Å². The van der Waals surface area contributed by atoms with Gasteiger partial charge < -0.3 is 9.64 Å². The second kappa shape index (κ2) is 4.79. The fraction of sp³-hybridized carbons (Fsp3) is 0.364. The van der Waals surface area contributed by atoms with Gasteiger partial charge in [-0.25, -0.2) is 0 Å². The molecule has 0 N–H and O–H groups in total. The summed E-state index contributed by atoms with van der Waals surface area (Å²) in [5, 5.41) is 0. The van der Waals surface area contributed by atoms with E-state index in [2.05, 4.69) is 20.7 Å². The first-order valence-electron chi connectivity index (χ1n) is 5.21. The molecule has 0 unspecified atom stereocenters. The van der Waals surface area contributed by atoms with E-state index in [1.165, 1.54) is 17.0 Å². The first-order valence-corrected chi connectivity index (χ1v) is 6.01. The van der Waals surface area contributed by atoms with Crippen molar-refractivity contribution in [3.8, 4) is 5.75 Å². The molecular formula is C11H9BrF3NO2. The average molecular weight is 324 g/mol. The van der Waals surface area contributed by atoms with Crippen LogP contribution in [0.25, 0.3) is 0 Å². The molecule has 3 nitrogen and oxygen atoms in total. The van der Waals surface area contributed by atoms with E-state index in [9.17, 15) is 18.0 Å². The van der Waals surface area contributed by atoms with Gasteiger partial charge in [0.2, 0.25) is 0 Å². The van der Waals surface area contributed by atoms with Crippen LogP contribution in [0.3, 0.4) is 0 Å². The molecule has 1 amide bonds. The maximum absolute atomic E-state index is 12.3. The van der Waals surface area contributed by atoms with Crippen molar-refractivity contribution >= 4 is 21.8 Å². The number of amides is 1. The Morgan fingerprint density at radius 2 is 2.00 bits per heavy atom. The van der Waals surface area contributed by atoms with Crippen molar-refractivity contribution in [3.05, 3.63) is 28.2 Å². The lowest BCUT2D eigenvalue weighted by Gasteiger charge is -2.31. The molecule has 0 atom stereocenters. The Bertz CT molecular complexity index is 472. The summed E-state index contributed by atoms with van der Waals surface area (Å²) >= 11 is 3.05. The number of alkyl halides is 3. The summed E-state index contributed by atoms with van der Waals surface area (Å²) < 4.78 is 41.0. The summed E-state index contributed by atoms with van der Waals surface area (Å²) in [6.07, 6.45) is -3.94. The standard InChI is InChI=1S/C11H9BrF3NO2/c12-7-2-3-8(10(17)16-4-1-5-16)9(6-7)18-11(13,14)15/h2-3,6H,1,4-5H2. The van der Waals surface area contributed by atoms with Gasteiger partial charge in [0.05, 0.1) is 5.56 Å². The number of likely N-dealkylation sites (tertiary alicyclic amines) is 1. The van der Waals surface area contributed by atoms with Gasteiger partial charge in [-0.3, -0.25) is 4.79 Å². The van der Waals surface area contributed by atoms with Gasteiger partial charge in [0, 0.05) is 17.6 Å². The summed E-state index contributed by atoms with van der Waals surface area (Å²) in [4.78, 5) is 13.4. The quantitative estimate of drug-likeness (QED) is 0.836. The zero-order valence-electron chi connectivity index (χ0n) is 9.13. The summed E-state index contributed by atoms with van der Waals surface area (Å²) in [7, 11) is 0. The lowest BCUT2D eigenvalue weighted by molar-refractivity contribution is -0.274. The van der Waals surface area contributed by atoms with E-state index in [-0.39, 0.29) is 5.56 Å². The lowest BCUT2D eigenvalue weighted by atomic mass is 10.1. The van der Waals surface area contributed by atoms with Gasteiger partial charge in [-0.05, 0) is 24.6 Å². The molecular weight excluding hydrogens is 315 g/mol. The first-order chi connectivity index (χ1) is 8.37. The molecule has 98 valence electrons. The molecule has 0 aliphatic carbocycles. The molecule has 1 aromatic rings. The van der Waals surface area contributed by atoms with Crippen molar-refractivity contribution in [3.63, 3.8) is 0 Å². The second-order valence-electron chi connectivity index (χ2n) is 3.83. The highest BCUT2D eigenvalue weighted by molar-refractivity contribution is 9.10. The van der Waals surface area contributed by atoms with E-state index in [1.54, 1.807) is 0 Å². The Hall–Kier alpha value is -1.24. The minimum absolute atomic E-state index is 0.0739. The SMILES string of the molecule is O=C(c1ccc(Br)cc1OC(F)(F)F)N1CCC1. The van der Waals surface area contributed by atoms with Crippen molar-refractivity contribution < 1.29 is 22.7 Å². The van der Waals surface area contributed by atoms with Crippen LogP contribution in [0.5, 0.6) is 5.75 Å². The Labute approximate surface area is 110 Å². The Kier molecular flexibility index (Phi) is 3.52. The Balaban J connectivity index is 2.30. The number of nitrogens with zero attached hydrogens (tertiary/aromatic N) is 1. The van der Waals surface area contributed by atoms with Crippen molar-refractivity contribution in [1.82, 2.24) is 4.90 Å².